The van der Waals surface area contributed by atoms with Crippen molar-refractivity contribution in [3.63, 3.8) is 0 Å². The van der Waals surface area contributed by atoms with Gasteiger partial charge in [-0.2, -0.15) is 4.31 Å². The van der Waals surface area contributed by atoms with Gasteiger partial charge in [-0.15, -0.1) is 0 Å². The highest BCUT2D eigenvalue weighted by atomic mass is 35.5. The van der Waals surface area contributed by atoms with Crippen molar-refractivity contribution in [2.45, 2.75) is 38.0 Å². The zero-order valence-electron chi connectivity index (χ0n) is 12.3. The second-order valence-electron chi connectivity index (χ2n) is 5.85. The molecule has 21 heavy (non-hydrogen) atoms. The number of nitrogens with zero attached hydrogens (tertiary/aromatic N) is 1. The molecule has 118 valence electrons. The van der Waals surface area contributed by atoms with E-state index in [2.05, 4.69) is 18.8 Å². The van der Waals surface area contributed by atoms with Gasteiger partial charge in [0.2, 0.25) is 10.0 Å². The Hall–Kier alpha value is -0.850. The Bertz CT molecular complexity index is 654. The number of hydrogen-bond acceptors (Lipinski definition) is 3. The average Bonchev–Trinajstić information content (AvgIpc) is 2.68. The van der Waals surface area contributed by atoms with Crippen LogP contribution in [0.5, 0.6) is 0 Å². The molecule has 7 heteroatoms. The Morgan fingerprint density at radius 3 is 2.67 bits per heavy atom. The molecular weight excluding hydrogens is 312 g/mol. The van der Waals surface area contributed by atoms with Crippen molar-refractivity contribution in [1.82, 2.24) is 9.29 Å². The smallest absolute Gasteiger partial charge is 0.266 e. The molecule has 1 aliphatic rings. The second-order valence-corrected chi connectivity index (χ2v) is 8.20. The zero-order chi connectivity index (χ0) is 15.6. The van der Waals surface area contributed by atoms with Gasteiger partial charge in [0.05, 0.1) is 4.90 Å². The standard InChI is InChI=1S/C14H21ClN2O3S/c1-10(2)11-4-3-6-17(7-5-11)21(19,20)12-8-13(15)14(18)16-9-12/h8-11H,3-7H2,1-2H3,(H,16,18). The number of nitrogens with one attached hydrogen (secondary N) is 1. The molecule has 0 bridgehead atoms. The molecule has 1 fully saturated rings. The van der Waals surface area contributed by atoms with Crippen LogP contribution in [0.4, 0.5) is 0 Å². The lowest BCUT2D eigenvalue weighted by atomic mass is 9.89. The van der Waals surface area contributed by atoms with E-state index >= 15 is 0 Å². The van der Waals surface area contributed by atoms with E-state index in [-0.39, 0.29) is 9.92 Å². The number of H-pyrrole nitrogens is 1. The highest BCUT2D eigenvalue weighted by Crippen LogP contribution is 2.27. The first-order valence-corrected chi connectivity index (χ1v) is 9.02. The van der Waals surface area contributed by atoms with Gasteiger partial charge in [-0.1, -0.05) is 25.4 Å². The number of rotatable bonds is 3. The normalized spacial score (nSPS) is 21.4. The van der Waals surface area contributed by atoms with Gasteiger partial charge in [0.25, 0.3) is 5.56 Å². The van der Waals surface area contributed by atoms with Crippen molar-refractivity contribution in [2.24, 2.45) is 11.8 Å². The first-order chi connectivity index (χ1) is 9.82. The molecule has 0 amide bonds. The van der Waals surface area contributed by atoms with Crippen molar-refractivity contribution < 1.29 is 8.42 Å². The molecule has 0 saturated carbocycles. The Kier molecular flexibility index (Phi) is 5.11. The highest BCUT2D eigenvalue weighted by molar-refractivity contribution is 7.89. The molecule has 2 heterocycles. The molecule has 1 aromatic rings. The van der Waals surface area contributed by atoms with Gasteiger partial charge in [0.1, 0.15) is 5.02 Å². The highest BCUT2D eigenvalue weighted by Gasteiger charge is 2.28. The molecule has 1 saturated heterocycles. The fourth-order valence-electron chi connectivity index (χ4n) is 2.74. The number of aromatic amines is 1. The third-order valence-electron chi connectivity index (χ3n) is 4.14. The second kappa shape index (κ2) is 6.50. The van der Waals surface area contributed by atoms with Crippen molar-refractivity contribution in [3.8, 4) is 0 Å². The number of hydrogen-bond donors (Lipinski definition) is 1. The van der Waals surface area contributed by atoms with Gasteiger partial charge in [-0.05, 0) is 37.2 Å². The molecule has 1 aliphatic heterocycles. The Labute approximate surface area is 130 Å². The lowest BCUT2D eigenvalue weighted by Crippen LogP contribution is -2.32. The Morgan fingerprint density at radius 2 is 2.05 bits per heavy atom. The summed E-state index contributed by atoms with van der Waals surface area (Å²) in [7, 11) is -3.60. The molecule has 0 radical (unpaired) electrons. The summed E-state index contributed by atoms with van der Waals surface area (Å²) in [4.78, 5) is 13.7. The molecule has 1 unspecified atom stereocenters. The minimum Gasteiger partial charge on any atom is -0.326 e. The number of aromatic nitrogens is 1. The van der Waals surface area contributed by atoms with Crippen LogP contribution in [0.15, 0.2) is 22.0 Å². The summed E-state index contributed by atoms with van der Waals surface area (Å²) in [6.45, 7) is 5.39. The van der Waals surface area contributed by atoms with Crippen LogP contribution < -0.4 is 5.56 Å². The molecule has 1 atom stereocenters. The van der Waals surface area contributed by atoms with Crippen LogP contribution >= 0.6 is 11.6 Å². The van der Waals surface area contributed by atoms with Gasteiger partial charge in [-0.25, -0.2) is 8.42 Å². The van der Waals surface area contributed by atoms with Gasteiger partial charge in [0.15, 0.2) is 0 Å². The summed E-state index contributed by atoms with van der Waals surface area (Å²) in [5.74, 6) is 1.12. The summed E-state index contributed by atoms with van der Waals surface area (Å²) in [5.41, 5.74) is -0.480. The predicted octanol–water partition coefficient (Wildman–Crippen LogP) is 2.48. The molecule has 1 aromatic heterocycles. The summed E-state index contributed by atoms with van der Waals surface area (Å²) < 4.78 is 26.7. The molecule has 2 rings (SSSR count). The van der Waals surface area contributed by atoms with E-state index < -0.39 is 15.6 Å². The topological polar surface area (TPSA) is 70.2 Å². The van der Waals surface area contributed by atoms with Crippen molar-refractivity contribution in [1.29, 1.82) is 0 Å². The fraction of sp³-hybridized carbons (Fsp3) is 0.643. The van der Waals surface area contributed by atoms with Gasteiger partial charge >= 0.3 is 0 Å². The Morgan fingerprint density at radius 1 is 1.33 bits per heavy atom. The van der Waals surface area contributed by atoms with Crippen LogP contribution in [0.3, 0.4) is 0 Å². The maximum atomic E-state index is 12.6. The molecule has 1 N–H and O–H groups in total. The third kappa shape index (κ3) is 3.67. The van der Waals surface area contributed by atoms with Gasteiger partial charge in [-0.3, -0.25) is 4.79 Å². The minimum atomic E-state index is -3.60. The predicted molar refractivity (Wildman–Crippen MR) is 83.0 cm³/mol. The lowest BCUT2D eigenvalue weighted by molar-refractivity contribution is 0.340. The van der Waals surface area contributed by atoms with Crippen LogP contribution in [0.1, 0.15) is 33.1 Å². The first kappa shape index (κ1) is 16.5. The molecule has 0 aromatic carbocycles. The largest absolute Gasteiger partial charge is 0.326 e. The Balaban J connectivity index is 2.23. The van der Waals surface area contributed by atoms with E-state index in [4.69, 9.17) is 11.6 Å². The summed E-state index contributed by atoms with van der Waals surface area (Å²) in [6, 6.07) is 1.22. The molecule has 5 nitrogen and oxygen atoms in total. The van der Waals surface area contributed by atoms with Crippen LogP contribution in [-0.2, 0) is 10.0 Å². The van der Waals surface area contributed by atoms with E-state index in [1.807, 2.05) is 0 Å². The monoisotopic (exact) mass is 332 g/mol. The van der Waals surface area contributed by atoms with E-state index in [0.717, 1.165) is 19.3 Å². The number of pyridine rings is 1. The quantitative estimate of drug-likeness (QED) is 0.924. The zero-order valence-corrected chi connectivity index (χ0v) is 13.9. The maximum Gasteiger partial charge on any atom is 0.266 e. The van der Waals surface area contributed by atoms with Crippen molar-refractivity contribution >= 4 is 21.6 Å². The van der Waals surface area contributed by atoms with Crippen LogP contribution in [0.25, 0.3) is 0 Å². The summed E-state index contributed by atoms with van der Waals surface area (Å²) in [5, 5.41) is -0.106. The summed E-state index contributed by atoms with van der Waals surface area (Å²) in [6.07, 6.45) is 4.00. The van der Waals surface area contributed by atoms with E-state index in [1.54, 1.807) is 0 Å². The van der Waals surface area contributed by atoms with Crippen LogP contribution in [0, 0.1) is 11.8 Å². The molecule has 0 aliphatic carbocycles. The minimum absolute atomic E-state index is 0.0510. The van der Waals surface area contributed by atoms with Crippen LogP contribution in [0.2, 0.25) is 5.02 Å². The van der Waals surface area contributed by atoms with Gasteiger partial charge < -0.3 is 4.98 Å². The summed E-state index contributed by atoms with van der Waals surface area (Å²) >= 11 is 5.73. The van der Waals surface area contributed by atoms with Gasteiger partial charge in [0, 0.05) is 19.3 Å². The first-order valence-electron chi connectivity index (χ1n) is 7.20. The number of sulfonamides is 1. The third-order valence-corrected chi connectivity index (χ3v) is 6.30. The lowest BCUT2D eigenvalue weighted by Gasteiger charge is -2.21. The molecule has 0 spiro atoms. The van der Waals surface area contributed by atoms with Crippen molar-refractivity contribution in [3.05, 3.63) is 27.6 Å². The van der Waals surface area contributed by atoms with Crippen LogP contribution in [-0.4, -0.2) is 30.8 Å². The fourth-order valence-corrected chi connectivity index (χ4v) is 4.46. The van der Waals surface area contributed by atoms with Crippen molar-refractivity contribution in [2.75, 3.05) is 13.1 Å². The van der Waals surface area contributed by atoms with E-state index in [9.17, 15) is 13.2 Å². The number of halogens is 1. The van der Waals surface area contributed by atoms with E-state index in [1.165, 1.54) is 16.6 Å². The average molecular weight is 333 g/mol. The SMILES string of the molecule is CC(C)C1CCCN(S(=O)(=O)c2c[nH]c(=O)c(Cl)c2)CC1. The van der Waals surface area contributed by atoms with E-state index in [0.29, 0.717) is 24.9 Å². The maximum absolute atomic E-state index is 12.6. The molecular formula is C14H21ClN2O3S.